The first-order chi connectivity index (χ1) is 12.5. The highest BCUT2D eigenvalue weighted by atomic mass is 16.3. The number of hydrogen-bond acceptors (Lipinski definition) is 5. The number of aryl methyl sites for hydroxylation is 1. The van der Waals surface area contributed by atoms with Gasteiger partial charge in [0, 0.05) is 0 Å². The lowest BCUT2D eigenvalue weighted by atomic mass is 10.1. The van der Waals surface area contributed by atoms with E-state index in [0.717, 1.165) is 15.8 Å². The summed E-state index contributed by atoms with van der Waals surface area (Å²) in [6, 6.07) is 16.3. The summed E-state index contributed by atoms with van der Waals surface area (Å²) in [6.07, 6.45) is 0. The lowest BCUT2D eigenvalue weighted by Crippen LogP contribution is -2.33. The highest BCUT2D eigenvalue weighted by molar-refractivity contribution is 6.00. The van der Waals surface area contributed by atoms with Crippen molar-refractivity contribution in [1.82, 2.24) is 9.55 Å². The summed E-state index contributed by atoms with van der Waals surface area (Å²) < 4.78 is 1.06. The number of H-pyrrole nitrogens is 1. The fourth-order valence-corrected chi connectivity index (χ4v) is 2.61. The summed E-state index contributed by atoms with van der Waals surface area (Å²) in [5.74, 6) is -0.454. The minimum Gasteiger partial charge on any atom is -0.493 e. The Morgan fingerprint density at radius 3 is 2.42 bits per heavy atom. The number of hydrogen-bond donors (Lipinski definition) is 3. The minimum atomic E-state index is -0.714. The van der Waals surface area contributed by atoms with Crippen molar-refractivity contribution in [3.05, 3.63) is 86.6 Å². The number of aromatic hydroxyl groups is 1. The third kappa shape index (κ3) is 3.27. The Balaban J connectivity index is 2.11. The van der Waals surface area contributed by atoms with E-state index < -0.39 is 17.1 Å². The maximum absolute atomic E-state index is 12.3. The van der Waals surface area contributed by atoms with Crippen molar-refractivity contribution in [2.75, 3.05) is 5.43 Å². The van der Waals surface area contributed by atoms with Crippen LogP contribution in [0.5, 0.6) is 5.88 Å². The first-order valence-corrected chi connectivity index (χ1v) is 7.99. The number of para-hydroxylation sites is 2. The van der Waals surface area contributed by atoms with Crippen LogP contribution in [-0.4, -0.2) is 20.4 Å². The van der Waals surface area contributed by atoms with Gasteiger partial charge < -0.3 is 5.11 Å². The van der Waals surface area contributed by atoms with Crippen LogP contribution in [0.3, 0.4) is 0 Å². The summed E-state index contributed by atoms with van der Waals surface area (Å²) in [5.41, 5.74) is 3.57. The SMILES string of the molecule is C/C(=N\Nc1ccccc1)c1c(O)n(-c2ccccc2C)c(=O)[nH]c1=O. The summed E-state index contributed by atoms with van der Waals surface area (Å²) in [7, 11) is 0. The van der Waals surface area contributed by atoms with Gasteiger partial charge in [-0.15, -0.1) is 0 Å². The zero-order valence-electron chi connectivity index (χ0n) is 14.4. The van der Waals surface area contributed by atoms with E-state index in [0.29, 0.717) is 5.69 Å². The Labute approximate surface area is 149 Å². The number of nitrogens with one attached hydrogen (secondary N) is 2. The van der Waals surface area contributed by atoms with Crippen LogP contribution in [0.25, 0.3) is 5.69 Å². The molecule has 0 amide bonds. The summed E-state index contributed by atoms with van der Waals surface area (Å²) in [4.78, 5) is 26.7. The van der Waals surface area contributed by atoms with E-state index in [1.165, 1.54) is 0 Å². The Kier molecular flexibility index (Phi) is 4.70. The van der Waals surface area contributed by atoms with Crippen molar-refractivity contribution in [3.63, 3.8) is 0 Å². The molecule has 0 saturated carbocycles. The monoisotopic (exact) mass is 350 g/mol. The van der Waals surface area contributed by atoms with Crippen molar-refractivity contribution in [3.8, 4) is 11.6 Å². The second-order valence-electron chi connectivity index (χ2n) is 5.75. The number of benzene rings is 2. The van der Waals surface area contributed by atoms with E-state index in [1.807, 2.05) is 49.4 Å². The van der Waals surface area contributed by atoms with E-state index in [9.17, 15) is 14.7 Å². The molecule has 0 aliphatic carbocycles. The van der Waals surface area contributed by atoms with Crippen molar-refractivity contribution >= 4 is 11.4 Å². The van der Waals surface area contributed by atoms with Gasteiger partial charge >= 0.3 is 5.69 Å². The predicted molar refractivity (Wildman–Crippen MR) is 101 cm³/mol. The molecule has 0 unspecified atom stereocenters. The van der Waals surface area contributed by atoms with Gasteiger partial charge in [-0.25, -0.2) is 9.36 Å². The van der Waals surface area contributed by atoms with Gasteiger partial charge in [-0.1, -0.05) is 36.4 Å². The average molecular weight is 350 g/mol. The van der Waals surface area contributed by atoms with E-state index in [-0.39, 0.29) is 11.3 Å². The molecule has 0 radical (unpaired) electrons. The molecule has 0 aliphatic rings. The molecule has 0 saturated heterocycles. The zero-order valence-corrected chi connectivity index (χ0v) is 14.4. The van der Waals surface area contributed by atoms with Gasteiger partial charge in [-0.2, -0.15) is 5.10 Å². The van der Waals surface area contributed by atoms with Crippen LogP contribution < -0.4 is 16.7 Å². The molecule has 1 aromatic heterocycles. The molecule has 3 N–H and O–H groups in total. The first-order valence-electron chi connectivity index (χ1n) is 7.99. The second-order valence-corrected chi connectivity index (χ2v) is 5.75. The quantitative estimate of drug-likeness (QED) is 0.497. The second kappa shape index (κ2) is 7.10. The fourth-order valence-electron chi connectivity index (χ4n) is 2.61. The summed E-state index contributed by atoms with van der Waals surface area (Å²) in [5, 5.41) is 14.8. The molecular formula is C19H18N4O3. The Morgan fingerprint density at radius 2 is 1.73 bits per heavy atom. The summed E-state index contributed by atoms with van der Waals surface area (Å²) in [6.45, 7) is 3.39. The molecule has 0 spiro atoms. The molecule has 132 valence electrons. The number of aromatic amines is 1. The lowest BCUT2D eigenvalue weighted by molar-refractivity contribution is 0.429. The molecule has 0 fully saturated rings. The maximum atomic E-state index is 12.3. The van der Waals surface area contributed by atoms with Crippen molar-refractivity contribution in [2.45, 2.75) is 13.8 Å². The van der Waals surface area contributed by atoms with Crippen LogP contribution in [-0.2, 0) is 0 Å². The maximum Gasteiger partial charge on any atom is 0.335 e. The smallest absolute Gasteiger partial charge is 0.335 e. The number of aromatic nitrogens is 2. The fraction of sp³-hybridized carbons (Fsp3) is 0.105. The van der Waals surface area contributed by atoms with Gasteiger partial charge in [0.05, 0.1) is 17.1 Å². The van der Waals surface area contributed by atoms with Gasteiger partial charge in [0.1, 0.15) is 5.56 Å². The zero-order chi connectivity index (χ0) is 18.7. The van der Waals surface area contributed by atoms with Crippen LogP contribution in [0.4, 0.5) is 5.69 Å². The van der Waals surface area contributed by atoms with Crippen molar-refractivity contribution < 1.29 is 5.11 Å². The molecule has 1 heterocycles. The van der Waals surface area contributed by atoms with Gasteiger partial charge in [0.2, 0.25) is 5.88 Å². The third-order valence-corrected chi connectivity index (χ3v) is 3.93. The normalized spacial score (nSPS) is 11.4. The molecule has 2 aromatic carbocycles. The van der Waals surface area contributed by atoms with Crippen LogP contribution in [0.15, 0.2) is 69.3 Å². The molecule has 0 aliphatic heterocycles. The largest absolute Gasteiger partial charge is 0.493 e. The highest BCUT2D eigenvalue weighted by Gasteiger charge is 2.18. The number of nitrogens with zero attached hydrogens (tertiary/aromatic N) is 2. The van der Waals surface area contributed by atoms with E-state index >= 15 is 0 Å². The van der Waals surface area contributed by atoms with Crippen LogP contribution in [0.1, 0.15) is 18.1 Å². The molecular weight excluding hydrogens is 332 g/mol. The van der Waals surface area contributed by atoms with Gasteiger partial charge in [0.15, 0.2) is 0 Å². The lowest BCUT2D eigenvalue weighted by Gasteiger charge is -2.13. The average Bonchev–Trinajstić information content (AvgIpc) is 2.62. The van der Waals surface area contributed by atoms with Gasteiger partial charge in [-0.05, 0) is 37.6 Å². The Morgan fingerprint density at radius 1 is 1.08 bits per heavy atom. The molecule has 0 bridgehead atoms. The Hall–Kier alpha value is -3.61. The van der Waals surface area contributed by atoms with Crippen LogP contribution in [0.2, 0.25) is 0 Å². The van der Waals surface area contributed by atoms with E-state index in [4.69, 9.17) is 0 Å². The number of rotatable bonds is 4. The molecule has 7 heteroatoms. The highest BCUT2D eigenvalue weighted by Crippen LogP contribution is 2.19. The molecule has 3 rings (SSSR count). The number of hydrazone groups is 1. The van der Waals surface area contributed by atoms with Crippen LogP contribution >= 0.6 is 0 Å². The minimum absolute atomic E-state index is 0.0729. The predicted octanol–water partition coefficient (Wildman–Crippen LogP) is 2.38. The van der Waals surface area contributed by atoms with Crippen molar-refractivity contribution in [1.29, 1.82) is 0 Å². The van der Waals surface area contributed by atoms with Crippen LogP contribution in [0, 0.1) is 6.92 Å². The molecule has 3 aromatic rings. The molecule has 7 nitrogen and oxygen atoms in total. The standard InChI is InChI=1S/C19H18N4O3/c1-12-8-6-7-11-15(12)23-18(25)16(17(24)20-19(23)26)13(2)21-22-14-9-4-3-5-10-14/h3-11,22,25H,1-2H3,(H,20,24,26)/b21-13+. The third-order valence-electron chi connectivity index (χ3n) is 3.93. The van der Waals surface area contributed by atoms with E-state index in [1.54, 1.807) is 19.1 Å². The van der Waals surface area contributed by atoms with Crippen molar-refractivity contribution in [2.24, 2.45) is 5.10 Å². The number of anilines is 1. The van der Waals surface area contributed by atoms with Gasteiger partial charge in [0.25, 0.3) is 5.56 Å². The van der Waals surface area contributed by atoms with E-state index in [2.05, 4.69) is 15.5 Å². The topological polar surface area (TPSA) is 99.5 Å². The molecule has 26 heavy (non-hydrogen) atoms. The summed E-state index contributed by atoms with van der Waals surface area (Å²) >= 11 is 0. The molecule has 0 atom stereocenters. The first kappa shape index (κ1) is 17.2. The van der Waals surface area contributed by atoms with Gasteiger partial charge in [-0.3, -0.25) is 15.2 Å². The Bertz CT molecular complexity index is 1080.